The lowest BCUT2D eigenvalue weighted by molar-refractivity contribution is -0.123. The molecule has 13 nitrogen and oxygen atoms in total. The predicted molar refractivity (Wildman–Crippen MR) is 251 cm³/mol. The first-order valence-electron chi connectivity index (χ1n) is 22.6. The molecule has 14 heteroatoms. The van der Waals surface area contributed by atoms with E-state index in [0.717, 1.165) is 79.6 Å². The molecule has 1 aromatic carbocycles. The molecular weight excluding hydrogens is 805 g/mol. The van der Waals surface area contributed by atoms with Crippen LogP contribution in [0.4, 0.5) is 0 Å². The average Bonchev–Trinajstić information content (AvgIpc) is 3.55. The van der Waals surface area contributed by atoms with Gasteiger partial charge < -0.3 is 39.4 Å². The van der Waals surface area contributed by atoms with Crippen LogP contribution in [0.2, 0.25) is 0 Å². The van der Waals surface area contributed by atoms with Crippen molar-refractivity contribution in [3.8, 4) is 11.6 Å². The summed E-state index contributed by atoms with van der Waals surface area (Å²) in [5.41, 5.74) is 1.91. The number of hydrogen-bond donors (Lipinski definition) is 3. The van der Waals surface area contributed by atoms with Crippen molar-refractivity contribution < 1.29 is 33.4 Å². The maximum atomic E-state index is 11.5. The van der Waals surface area contributed by atoms with E-state index in [-0.39, 0.29) is 11.9 Å². The normalized spacial score (nSPS) is 20.7. The van der Waals surface area contributed by atoms with Crippen LogP contribution in [0.15, 0.2) is 49.1 Å². The average molecular weight is 881 g/mol. The summed E-state index contributed by atoms with van der Waals surface area (Å²) >= 11 is 1.44. The summed E-state index contributed by atoms with van der Waals surface area (Å²) in [5.74, 6) is 2.46. The van der Waals surface area contributed by atoms with E-state index in [4.69, 9.17) is 19.2 Å². The number of pyridine rings is 1. The van der Waals surface area contributed by atoms with Crippen LogP contribution in [0, 0.1) is 11.8 Å². The Hall–Kier alpha value is -3.98. The number of nitrogens with one attached hydrogen (secondary N) is 3. The van der Waals surface area contributed by atoms with Gasteiger partial charge in [0, 0.05) is 30.3 Å². The summed E-state index contributed by atoms with van der Waals surface area (Å²) in [6.07, 6.45) is 25.5. The molecule has 5 atom stereocenters. The number of carbonyl (C=O) groups is 4. The lowest BCUT2D eigenvalue weighted by Crippen LogP contribution is -2.41. The molecule has 3 N–H and O–H groups in total. The number of rotatable bonds is 22. The molecule has 3 aliphatic carbocycles. The molecule has 4 fully saturated rings. The first-order valence-corrected chi connectivity index (χ1v) is 23.5. The molecule has 62 heavy (non-hydrogen) atoms. The number of allylic oxidation sites excluding steroid dienone is 2. The van der Waals surface area contributed by atoms with Crippen molar-refractivity contribution in [2.45, 2.75) is 133 Å². The van der Waals surface area contributed by atoms with Gasteiger partial charge >= 0.3 is 0 Å². The Morgan fingerprint density at radius 3 is 2.31 bits per heavy atom. The molecule has 3 amide bonds. The second kappa shape index (κ2) is 30.2. The van der Waals surface area contributed by atoms with E-state index in [9.17, 15) is 19.2 Å². The van der Waals surface area contributed by atoms with E-state index in [0.29, 0.717) is 54.9 Å². The molecule has 1 aromatic heterocycles. The second-order valence-corrected chi connectivity index (χ2v) is 18.0. The number of ether oxygens (including phenoxy) is 3. The molecule has 0 spiro atoms. The lowest BCUT2D eigenvalue weighted by atomic mass is 9.99. The third-order valence-corrected chi connectivity index (χ3v) is 13.1. The van der Waals surface area contributed by atoms with Crippen molar-refractivity contribution >= 4 is 47.9 Å². The minimum atomic E-state index is -0.490. The summed E-state index contributed by atoms with van der Waals surface area (Å²) in [6, 6.07) is 8.22. The van der Waals surface area contributed by atoms with Gasteiger partial charge in [-0.1, -0.05) is 49.6 Å². The molecule has 3 saturated carbocycles. The SMILES string of the molecule is C=CCC(NC=O)C(=O)NSC1CC1.CC1CCCN1C.COc1nc2ccccc2c(OCCN(C)C)c1C/C=C/CCC1CCC[C@H]1OC.O=CN[C@H](C=O)C1CCCC1. The summed E-state index contributed by atoms with van der Waals surface area (Å²) in [7, 11) is 9.82. The van der Waals surface area contributed by atoms with Gasteiger partial charge in [0.1, 0.15) is 24.7 Å². The van der Waals surface area contributed by atoms with E-state index < -0.39 is 6.04 Å². The summed E-state index contributed by atoms with van der Waals surface area (Å²) in [4.78, 5) is 51.4. The predicted octanol–water partition coefficient (Wildman–Crippen LogP) is 7.07. The maximum Gasteiger partial charge on any atom is 0.252 e. The second-order valence-electron chi connectivity index (χ2n) is 16.9. The van der Waals surface area contributed by atoms with Crippen LogP contribution in [0.1, 0.15) is 102 Å². The maximum absolute atomic E-state index is 11.5. The van der Waals surface area contributed by atoms with E-state index in [1.807, 2.05) is 25.3 Å². The Morgan fingerprint density at radius 1 is 0.984 bits per heavy atom. The van der Waals surface area contributed by atoms with Crippen LogP contribution in [0.5, 0.6) is 11.6 Å². The molecular formula is C48H76N6O7S. The third kappa shape index (κ3) is 18.8. The molecule has 0 bridgehead atoms. The minimum absolute atomic E-state index is 0.158. The van der Waals surface area contributed by atoms with Crippen LogP contribution >= 0.6 is 11.9 Å². The molecule has 1 saturated heterocycles. The smallest absolute Gasteiger partial charge is 0.252 e. The Morgan fingerprint density at radius 2 is 1.73 bits per heavy atom. The van der Waals surface area contributed by atoms with Gasteiger partial charge in [0.25, 0.3) is 5.91 Å². The molecule has 6 rings (SSSR count). The number of amides is 3. The van der Waals surface area contributed by atoms with Gasteiger partial charge in [-0.3, -0.25) is 19.1 Å². The van der Waals surface area contributed by atoms with E-state index in [1.165, 1.54) is 69.9 Å². The van der Waals surface area contributed by atoms with Crippen LogP contribution in [0.3, 0.4) is 0 Å². The van der Waals surface area contributed by atoms with Crippen molar-refractivity contribution in [3.63, 3.8) is 0 Å². The van der Waals surface area contributed by atoms with Crippen molar-refractivity contribution in [1.82, 2.24) is 30.1 Å². The zero-order valence-electron chi connectivity index (χ0n) is 38.4. The summed E-state index contributed by atoms with van der Waals surface area (Å²) in [5, 5.41) is 6.58. The number of hydrogen-bond acceptors (Lipinski definition) is 11. The highest BCUT2D eigenvalue weighted by atomic mass is 32.2. The highest BCUT2D eigenvalue weighted by Gasteiger charge is 2.27. The topological polar surface area (TPSA) is 151 Å². The Bertz CT molecular complexity index is 1640. The van der Waals surface area contributed by atoms with Crippen molar-refractivity contribution in [1.29, 1.82) is 0 Å². The zero-order chi connectivity index (χ0) is 45.1. The van der Waals surface area contributed by atoms with Gasteiger partial charge in [-0.2, -0.15) is 0 Å². The monoisotopic (exact) mass is 881 g/mol. The Balaban J connectivity index is 0.000000262. The number of carbonyl (C=O) groups excluding carboxylic acids is 4. The fourth-order valence-corrected chi connectivity index (χ4v) is 8.77. The van der Waals surface area contributed by atoms with Gasteiger partial charge in [-0.05, 0) is 148 Å². The number of aldehydes is 1. The van der Waals surface area contributed by atoms with E-state index in [1.54, 1.807) is 13.2 Å². The van der Waals surface area contributed by atoms with Gasteiger partial charge in [0.2, 0.25) is 18.7 Å². The van der Waals surface area contributed by atoms with Crippen LogP contribution < -0.4 is 24.8 Å². The largest absolute Gasteiger partial charge is 0.491 e. The molecule has 2 heterocycles. The highest BCUT2D eigenvalue weighted by Crippen LogP contribution is 2.36. The van der Waals surface area contributed by atoms with Gasteiger partial charge in [-0.25, -0.2) is 4.98 Å². The number of para-hydroxylation sites is 1. The minimum Gasteiger partial charge on any atom is -0.491 e. The first kappa shape index (κ1) is 52.4. The third-order valence-electron chi connectivity index (χ3n) is 12.0. The lowest BCUT2D eigenvalue weighted by Gasteiger charge is -2.18. The Labute approximate surface area is 376 Å². The first-order chi connectivity index (χ1) is 30.1. The number of aromatic nitrogens is 1. The molecule has 1 aliphatic heterocycles. The quantitative estimate of drug-likeness (QED) is 0.0633. The van der Waals surface area contributed by atoms with E-state index >= 15 is 0 Å². The van der Waals surface area contributed by atoms with Crippen molar-refractivity contribution in [2.75, 3.05) is 55.1 Å². The van der Waals surface area contributed by atoms with Crippen LogP contribution in [0.25, 0.3) is 10.9 Å². The molecule has 3 unspecified atom stereocenters. The number of likely N-dealkylation sites (N-methyl/N-ethyl adjacent to an activating group) is 1. The molecule has 0 radical (unpaired) electrons. The standard InChI is InChI=1S/C25H36N2O3.C9H14N2O2S.C8H13NO2.C6H13N/c1-27(2)17-18-30-24-20-13-8-9-15-22(20)26-25(29-4)21(24)14-7-5-6-11-19-12-10-16-23(19)28-3;1-2-3-8(10-6-12)9(13)11-14-7-4-5-7;10-5-8(9-6-11)7-3-1-2-4-7;1-6-4-3-5-7(6)2/h5,7-9,13,15,19,23H,6,10-12,14,16-18H2,1-4H3;2,6-8H,1,3-5H2,(H,10,12)(H,11,13);5-8H,1-4H2,(H,9,11);6H,3-5H2,1-2H3/b7-5+;;;/t19?,23-;;8-;/m1.1./s1. The van der Waals surface area contributed by atoms with Gasteiger partial charge in [0.15, 0.2) is 0 Å². The van der Waals surface area contributed by atoms with E-state index in [2.05, 4.69) is 78.0 Å². The Kier molecular flexibility index (Phi) is 25.5. The van der Waals surface area contributed by atoms with Crippen molar-refractivity contribution in [3.05, 3.63) is 54.6 Å². The van der Waals surface area contributed by atoms with Crippen LogP contribution in [-0.2, 0) is 30.3 Å². The summed E-state index contributed by atoms with van der Waals surface area (Å²) in [6.45, 7) is 8.60. The number of benzene rings is 1. The number of methoxy groups -OCH3 is 2. The van der Waals surface area contributed by atoms with Gasteiger partial charge in [-0.15, -0.1) is 6.58 Å². The fourth-order valence-electron chi connectivity index (χ4n) is 7.97. The van der Waals surface area contributed by atoms with Gasteiger partial charge in [0.05, 0.1) is 30.3 Å². The van der Waals surface area contributed by atoms with Crippen molar-refractivity contribution in [2.24, 2.45) is 11.8 Å². The van der Waals surface area contributed by atoms with Crippen LogP contribution in [-0.4, -0.2) is 124 Å². The highest BCUT2D eigenvalue weighted by molar-refractivity contribution is 7.98. The number of likely N-dealkylation sites (tertiary alicyclic amines) is 1. The fraction of sp³-hybridized carbons (Fsp3) is 0.646. The summed E-state index contributed by atoms with van der Waals surface area (Å²) < 4.78 is 20.2. The molecule has 4 aliphatic rings. The zero-order valence-corrected chi connectivity index (χ0v) is 39.2. The number of nitrogens with zero attached hydrogens (tertiary/aromatic N) is 3. The molecule has 2 aromatic rings. The molecule has 346 valence electrons. The number of fused-ring (bicyclic) bond motifs is 1.